The first-order valence-corrected chi connectivity index (χ1v) is 6.57. The van der Waals surface area contributed by atoms with Gasteiger partial charge in [0, 0.05) is 41.3 Å². The number of halogens is 1. The zero-order valence-electron chi connectivity index (χ0n) is 9.82. The first-order chi connectivity index (χ1) is 8.11. The molecule has 1 atom stereocenters. The summed E-state index contributed by atoms with van der Waals surface area (Å²) in [7, 11) is 0. The Kier molecular flexibility index (Phi) is 3.84. The third kappa shape index (κ3) is 2.69. The molecule has 0 aromatic heterocycles. The molecule has 1 aliphatic rings. The highest BCUT2D eigenvalue weighted by Crippen LogP contribution is 2.30. The molecule has 1 saturated heterocycles. The fraction of sp³-hybridized carbons (Fsp3) is 0.462. The molecule has 0 spiro atoms. The molecular weight excluding hydrogens is 282 g/mol. The van der Waals surface area contributed by atoms with E-state index < -0.39 is 0 Å². The standard InChI is InChI=1S/C13H16BrNO2/c1-9(17)12-3-2-11(14)6-13(12)15-5-4-10(7-15)8-16/h2-3,6,10,16H,4-5,7-8H2,1H3. The normalized spacial score (nSPS) is 19.7. The predicted molar refractivity (Wildman–Crippen MR) is 71.6 cm³/mol. The number of carbonyl (C=O) groups excluding carboxylic acids is 1. The topological polar surface area (TPSA) is 40.5 Å². The van der Waals surface area contributed by atoms with Gasteiger partial charge in [-0.25, -0.2) is 0 Å². The maximum absolute atomic E-state index is 11.6. The summed E-state index contributed by atoms with van der Waals surface area (Å²) in [6.45, 7) is 3.54. The van der Waals surface area contributed by atoms with Gasteiger partial charge in [0.15, 0.2) is 5.78 Å². The van der Waals surface area contributed by atoms with E-state index in [1.54, 1.807) is 6.92 Å². The van der Waals surface area contributed by atoms with Crippen molar-refractivity contribution >= 4 is 27.4 Å². The van der Waals surface area contributed by atoms with Gasteiger partial charge in [0.1, 0.15) is 0 Å². The molecule has 1 aromatic carbocycles. The first-order valence-electron chi connectivity index (χ1n) is 5.78. The van der Waals surface area contributed by atoms with Gasteiger partial charge < -0.3 is 10.0 Å². The van der Waals surface area contributed by atoms with Gasteiger partial charge in [-0.05, 0) is 31.5 Å². The van der Waals surface area contributed by atoms with Crippen LogP contribution in [0.1, 0.15) is 23.7 Å². The number of aliphatic hydroxyl groups excluding tert-OH is 1. The molecule has 4 heteroatoms. The summed E-state index contributed by atoms with van der Waals surface area (Å²) in [5.41, 5.74) is 1.73. The van der Waals surface area contributed by atoms with Crippen molar-refractivity contribution in [2.45, 2.75) is 13.3 Å². The van der Waals surface area contributed by atoms with Gasteiger partial charge in [0.25, 0.3) is 0 Å². The summed E-state index contributed by atoms with van der Waals surface area (Å²) in [5, 5.41) is 9.16. The van der Waals surface area contributed by atoms with Crippen LogP contribution in [0.2, 0.25) is 0 Å². The van der Waals surface area contributed by atoms with E-state index in [0.717, 1.165) is 35.2 Å². The molecule has 1 heterocycles. The Bertz CT molecular complexity index is 433. The van der Waals surface area contributed by atoms with Crippen molar-refractivity contribution in [3.63, 3.8) is 0 Å². The Morgan fingerprint density at radius 3 is 2.94 bits per heavy atom. The number of ketones is 1. The molecule has 92 valence electrons. The van der Waals surface area contributed by atoms with Crippen LogP contribution in [0.15, 0.2) is 22.7 Å². The average Bonchev–Trinajstić information content (AvgIpc) is 2.76. The lowest BCUT2D eigenvalue weighted by atomic mass is 10.1. The number of Topliss-reactive ketones (excluding diaryl/α,β-unsaturated/α-hetero) is 1. The van der Waals surface area contributed by atoms with Crippen molar-refractivity contribution < 1.29 is 9.90 Å². The second-order valence-electron chi connectivity index (χ2n) is 4.50. The molecule has 2 rings (SSSR count). The van der Waals surface area contributed by atoms with Gasteiger partial charge in [-0.15, -0.1) is 0 Å². The molecule has 3 nitrogen and oxygen atoms in total. The van der Waals surface area contributed by atoms with Gasteiger partial charge in [-0.2, -0.15) is 0 Å². The zero-order chi connectivity index (χ0) is 12.4. The van der Waals surface area contributed by atoms with Crippen LogP contribution in [0.5, 0.6) is 0 Å². The van der Waals surface area contributed by atoms with E-state index in [2.05, 4.69) is 20.8 Å². The summed E-state index contributed by atoms with van der Waals surface area (Å²) < 4.78 is 0.977. The van der Waals surface area contributed by atoms with Crippen molar-refractivity contribution in [3.8, 4) is 0 Å². The maximum Gasteiger partial charge on any atom is 0.161 e. The Balaban J connectivity index is 2.31. The highest BCUT2D eigenvalue weighted by Gasteiger charge is 2.24. The van der Waals surface area contributed by atoms with E-state index in [1.165, 1.54) is 0 Å². The number of carbonyl (C=O) groups is 1. The molecule has 1 fully saturated rings. The highest BCUT2D eigenvalue weighted by atomic mass is 79.9. The predicted octanol–water partition coefficient (Wildman–Crippen LogP) is 2.47. The van der Waals surface area contributed by atoms with Crippen LogP contribution < -0.4 is 4.90 Å². The van der Waals surface area contributed by atoms with Crippen molar-refractivity contribution in [2.24, 2.45) is 5.92 Å². The molecule has 1 aliphatic heterocycles. The SMILES string of the molecule is CC(=O)c1ccc(Br)cc1N1CCC(CO)C1. The van der Waals surface area contributed by atoms with Crippen LogP contribution >= 0.6 is 15.9 Å². The minimum Gasteiger partial charge on any atom is -0.396 e. The van der Waals surface area contributed by atoms with Crippen molar-refractivity contribution in [2.75, 3.05) is 24.6 Å². The second-order valence-corrected chi connectivity index (χ2v) is 5.42. The molecule has 1 unspecified atom stereocenters. The van der Waals surface area contributed by atoms with E-state index in [9.17, 15) is 4.79 Å². The second kappa shape index (κ2) is 5.19. The Hall–Kier alpha value is -0.870. The fourth-order valence-corrected chi connectivity index (χ4v) is 2.61. The molecular formula is C13H16BrNO2. The number of rotatable bonds is 3. The molecule has 1 aromatic rings. The lowest BCUT2D eigenvalue weighted by molar-refractivity contribution is 0.101. The third-order valence-electron chi connectivity index (χ3n) is 3.22. The first kappa shape index (κ1) is 12.6. The number of aliphatic hydroxyl groups is 1. The number of anilines is 1. The largest absolute Gasteiger partial charge is 0.396 e. The Labute approximate surface area is 110 Å². The number of hydrogen-bond acceptors (Lipinski definition) is 3. The van der Waals surface area contributed by atoms with Gasteiger partial charge in [-0.1, -0.05) is 15.9 Å². The summed E-state index contributed by atoms with van der Waals surface area (Å²) in [6, 6.07) is 5.73. The molecule has 0 radical (unpaired) electrons. The minimum absolute atomic E-state index is 0.0833. The van der Waals surface area contributed by atoms with Crippen molar-refractivity contribution in [1.82, 2.24) is 0 Å². The van der Waals surface area contributed by atoms with Crippen molar-refractivity contribution in [3.05, 3.63) is 28.2 Å². The third-order valence-corrected chi connectivity index (χ3v) is 3.72. The van der Waals surface area contributed by atoms with Gasteiger partial charge in [0.05, 0.1) is 0 Å². The van der Waals surface area contributed by atoms with Crippen molar-refractivity contribution in [1.29, 1.82) is 0 Å². The van der Waals surface area contributed by atoms with Crippen LogP contribution in [0.3, 0.4) is 0 Å². The van der Waals surface area contributed by atoms with Crippen LogP contribution in [0.4, 0.5) is 5.69 Å². The van der Waals surface area contributed by atoms with Crippen LogP contribution in [-0.4, -0.2) is 30.6 Å². The van der Waals surface area contributed by atoms with Crippen LogP contribution in [-0.2, 0) is 0 Å². The monoisotopic (exact) mass is 297 g/mol. The number of nitrogens with zero attached hydrogens (tertiary/aromatic N) is 1. The minimum atomic E-state index is 0.0833. The lowest BCUT2D eigenvalue weighted by Crippen LogP contribution is -2.22. The smallest absolute Gasteiger partial charge is 0.161 e. The van der Waals surface area contributed by atoms with Gasteiger partial charge in [-0.3, -0.25) is 4.79 Å². The highest BCUT2D eigenvalue weighted by molar-refractivity contribution is 9.10. The van der Waals surface area contributed by atoms with Crippen LogP contribution in [0, 0.1) is 5.92 Å². The van der Waals surface area contributed by atoms with Gasteiger partial charge in [0.2, 0.25) is 0 Å². The van der Waals surface area contributed by atoms with E-state index >= 15 is 0 Å². The Morgan fingerprint density at radius 1 is 1.59 bits per heavy atom. The molecule has 1 N–H and O–H groups in total. The van der Waals surface area contributed by atoms with Gasteiger partial charge >= 0.3 is 0 Å². The summed E-state index contributed by atoms with van der Waals surface area (Å²) in [5.74, 6) is 0.411. The van der Waals surface area contributed by atoms with E-state index in [1.807, 2.05) is 18.2 Å². The summed E-state index contributed by atoms with van der Waals surface area (Å²) >= 11 is 3.44. The van der Waals surface area contributed by atoms with E-state index in [4.69, 9.17) is 5.11 Å². The molecule has 0 saturated carbocycles. The Morgan fingerprint density at radius 2 is 2.35 bits per heavy atom. The van der Waals surface area contributed by atoms with E-state index in [-0.39, 0.29) is 12.4 Å². The molecule has 17 heavy (non-hydrogen) atoms. The number of benzene rings is 1. The summed E-state index contributed by atoms with van der Waals surface area (Å²) in [4.78, 5) is 13.8. The molecule has 0 aliphatic carbocycles. The lowest BCUT2D eigenvalue weighted by Gasteiger charge is -2.21. The maximum atomic E-state index is 11.6. The van der Waals surface area contributed by atoms with E-state index in [0.29, 0.717) is 5.92 Å². The molecule has 0 bridgehead atoms. The quantitative estimate of drug-likeness (QED) is 0.872. The summed E-state index contributed by atoms with van der Waals surface area (Å²) in [6.07, 6.45) is 0.986. The molecule has 0 amide bonds. The number of hydrogen-bond donors (Lipinski definition) is 1. The fourth-order valence-electron chi connectivity index (χ4n) is 2.26. The van der Waals surface area contributed by atoms with Crippen LogP contribution in [0.25, 0.3) is 0 Å². The average molecular weight is 298 g/mol. The zero-order valence-corrected chi connectivity index (χ0v) is 11.4.